The molecule has 3 aliphatic rings. The standard InChI is InChI=1S/C36H44N6O3/c1-2-37-36(45)42-17-13-29(14-18-42)34(43)40-19-15-31(16-20-40)39-21-23-41(24-22-39)35(44)30-25-32(27-9-5-3-6-10-27)38-33(26-30)28-11-7-4-8-12-28/h3-12,25-26,29,31H,2,13-24H2,1H3,(H,37,45). The third kappa shape index (κ3) is 7.20. The van der Waals surface area contributed by atoms with E-state index >= 15 is 0 Å². The SMILES string of the molecule is CCNC(=O)N1CCC(C(=O)N2CCC(N3CCN(C(=O)c4cc(-c5ccccc5)nc(-c5ccccc5)c4)CC3)CC2)CC1. The van der Waals surface area contributed by atoms with E-state index < -0.39 is 0 Å². The Kier molecular flexibility index (Phi) is 9.74. The maximum atomic E-state index is 13.8. The third-order valence-electron chi connectivity index (χ3n) is 9.56. The predicted octanol–water partition coefficient (Wildman–Crippen LogP) is 4.61. The molecule has 9 heteroatoms. The number of rotatable bonds is 6. The van der Waals surface area contributed by atoms with Gasteiger partial charge in [-0.05, 0) is 44.7 Å². The molecule has 4 amide bonds. The molecule has 0 radical (unpaired) electrons. The lowest BCUT2D eigenvalue weighted by Gasteiger charge is -2.43. The van der Waals surface area contributed by atoms with E-state index in [-0.39, 0.29) is 23.8 Å². The Labute approximate surface area is 266 Å². The first kappa shape index (κ1) is 30.8. The summed E-state index contributed by atoms with van der Waals surface area (Å²) in [5.41, 5.74) is 4.24. The van der Waals surface area contributed by atoms with Crippen molar-refractivity contribution in [2.75, 3.05) is 58.9 Å². The van der Waals surface area contributed by atoms with Crippen LogP contribution in [0.2, 0.25) is 0 Å². The minimum Gasteiger partial charge on any atom is -0.342 e. The number of carbonyl (C=O) groups is 3. The minimum absolute atomic E-state index is 0.0137. The van der Waals surface area contributed by atoms with Gasteiger partial charge in [0.1, 0.15) is 0 Å². The highest BCUT2D eigenvalue weighted by Gasteiger charge is 2.34. The molecular formula is C36H44N6O3. The Morgan fingerprint density at radius 2 is 1.22 bits per heavy atom. The number of aromatic nitrogens is 1. The Morgan fingerprint density at radius 1 is 0.689 bits per heavy atom. The van der Waals surface area contributed by atoms with E-state index in [4.69, 9.17) is 4.98 Å². The zero-order valence-electron chi connectivity index (χ0n) is 26.2. The number of nitrogens with zero attached hydrogens (tertiary/aromatic N) is 5. The van der Waals surface area contributed by atoms with Crippen LogP contribution in [-0.2, 0) is 4.79 Å². The van der Waals surface area contributed by atoms with Gasteiger partial charge in [0.05, 0.1) is 11.4 Å². The highest BCUT2D eigenvalue weighted by Crippen LogP contribution is 2.27. The van der Waals surface area contributed by atoms with Crippen molar-refractivity contribution in [3.63, 3.8) is 0 Å². The van der Waals surface area contributed by atoms with Crippen LogP contribution in [0.1, 0.15) is 43.0 Å². The fourth-order valence-corrected chi connectivity index (χ4v) is 6.94. The van der Waals surface area contributed by atoms with E-state index in [9.17, 15) is 14.4 Å². The molecule has 1 N–H and O–H groups in total. The maximum absolute atomic E-state index is 13.8. The van der Waals surface area contributed by atoms with Crippen molar-refractivity contribution in [3.8, 4) is 22.5 Å². The van der Waals surface area contributed by atoms with Gasteiger partial charge in [0, 0.05) is 87.6 Å². The fourth-order valence-electron chi connectivity index (χ4n) is 6.94. The summed E-state index contributed by atoms with van der Waals surface area (Å²) in [6.07, 6.45) is 3.40. The van der Waals surface area contributed by atoms with Crippen LogP contribution in [-0.4, -0.2) is 107 Å². The number of likely N-dealkylation sites (tertiary alicyclic amines) is 2. The van der Waals surface area contributed by atoms with Crippen molar-refractivity contribution >= 4 is 17.8 Å². The van der Waals surface area contributed by atoms with Crippen LogP contribution in [0.25, 0.3) is 22.5 Å². The third-order valence-corrected chi connectivity index (χ3v) is 9.56. The molecule has 0 saturated carbocycles. The van der Waals surface area contributed by atoms with Crippen molar-refractivity contribution < 1.29 is 14.4 Å². The van der Waals surface area contributed by atoms with Crippen LogP contribution in [0.15, 0.2) is 72.8 Å². The van der Waals surface area contributed by atoms with Gasteiger partial charge in [-0.15, -0.1) is 0 Å². The summed E-state index contributed by atoms with van der Waals surface area (Å²) in [6, 6.07) is 24.3. The summed E-state index contributed by atoms with van der Waals surface area (Å²) in [4.78, 5) is 52.5. The molecule has 0 unspecified atom stereocenters. The van der Waals surface area contributed by atoms with Crippen LogP contribution in [0.4, 0.5) is 4.79 Å². The van der Waals surface area contributed by atoms with Gasteiger partial charge in [-0.1, -0.05) is 60.7 Å². The highest BCUT2D eigenvalue weighted by molar-refractivity contribution is 5.96. The number of nitrogens with one attached hydrogen (secondary N) is 1. The second kappa shape index (κ2) is 14.2. The average Bonchev–Trinajstić information content (AvgIpc) is 3.12. The molecule has 0 bridgehead atoms. The van der Waals surface area contributed by atoms with Gasteiger partial charge < -0.3 is 20.0 Å². The van der Waals surface area contributed by atoms with E-state index in [1.807, 2.05) is 94.4 Å². The number of benzene rings is 2. The van der Waals surface area contributed by atoms with Gasteiger partial charge in [0.15, 0.2) is 0 Å². The second-order valence-corrected chi connectivity index (χ2v) is 12.3. The Morgan fingerprint density at radius 3 is 1.76 bits per heavy atom. The molecule has 2 aromatic carbocycles. The van der Waals surface area contributed by atoms with Gasteiger partial charge in [-0.3, -0.25) is 14.5 Å². The van der Waals surface area contributed by atoms with Gasteiger partial charge in [0.25, 0.3) is 5.91 Å². The molecule has 0 spiro atoms. The topological polar surface area (TPSA) is 89.1 Å². The molecule has 0 aliphatic carbocycles. The number of piperidine rings is 2. The summed E-state index contributed by atoms with van der Waals surface area (Å²) in [5.74, 6) is 0.311. The Bertz CT molecular complexity index is 1400. The first-order valence-corrected chi connectivity index (χ1v) is 16.5. The molecule has 45 heavy (non-hydrogen) atoms. The van der Waals surface area contributed by atoms with Crippen LogP contribution < -0.4 is 5.32 Å². The lowest BCUT2D eigenvalue weighted by molar-refractivity contribution is -0.138. The average molecular weight is 609 g/mol. The number of urea groups is 1. The number of piperazine rings is 1. The molecule has 3 aliphatic heterocycles. The number of amides is 4. The number of pyridine rings is 1. The molecule has 236 valence electrons. The molecule has 9 nitrogen and oxygen atoms in total. The number of carbonyl (C=O) groups excluding carboxylic acids is 3. The van der Waals surface area contributed by atoms with Gasteiger partial charge in [0.2, 0.25) is 5.91 Å². The van der Waals surface area contributed by atoms with Gasteiger partial charge in [-0.25, -0.2) is 9.78 Å². The first-order valence-electron chi connectivity index (χ1n) is 16.5. The monoisotopic (exact) mass is 608 g/mol. The van der Waals surface area contributed by atoms with E-state index in [0.29, 0.717) is 44.3 Å². The lowest BCUT2D eigenvalue weighted by Crippen LogP contribution is -2.55. The molecular weight excluding hydrogens is 564 g/mol. The van der Waals surface area contributed by atoms with E-state index in [1.165, 1.54) is 0 Å². The minimum atomic E-state index is -0.0272. The largest absolute Gasteiger partial charge is 0.342 e. The molecule has 3 fully saturated rings. The smallest absolute Gasteiger partial charge is 0.317 e. The molecule has 3 saturated heterocycles. The Balaban J connectivity index is 1.03. The normalized spacial score (nSPS) is 18.6. The van der Waals surface area contributed by atoms with Crippen molar-refractivity contribution in [2.24, 2.45) is 5.92 Å². The summed E-state index contributed by atoms with van der Waals surface area (Å²) in [6.45, 7) is 8.43. The molecule has 4 heterocycles. The summed E-state index contributed by atoms with van der Waals surface area (Å²) < 4.78 is 0. The van der Waals surface area contributed by atoms with Crippen LogP contribution in [0.5, 0.6) is 0 Å². The second-order valence-electron chi connectivity index (χ2n) is 12.3. The number of hydrogen-bond acceptors (Lipinski definition) is 5. The van der Waals surface area contributed by atoms with E-state index in [0.717, 1.165) is 74.4 Å². The van der Waals surface area contributed by atoms with Crippen molar-refractivity contribution in [2.45, 2.75) is 38.6 Å². The summed E-state index contributed by atoms with van der Waals surface area (Å²) >= 11 is 0. The first-order chi connectivity index (χ1) is 22.0. The quantitative estimate of drug-likeness (QED) is 0.442. The van der Waals surface area contributed by atoms with Crippen LogP contribution in [0, 0.1) is 5.92 Å². The van der Waals surface area contributed by atoms with E-state index in [1.54, 1.807) is 0 Å². The summed E-state index contributed by atoms with van der Waals surface area (Å²) in [5, 5.41) is 2.86. The van der Waals surface area contributed by atoms with E-state index in [2.05, 4.69) is 10.2 Å². The van der Waals surface area contributed by atoms with Gasteiger partial charge >= 0.3 is 6.03 Å². The lowest BCUT2D eigenvalue weighted by atomic mass is 9.93. The molecule has 6 rings (SSSR count). The van der Waals surface area contributed by atoms with Gasteiger partial charge in [-0.2, -0.15) is 0 Å². The molecule has 3 aromatic rings. The predicted molar refractivity (Wildman–Crippen MR) is 176 cm³/mol. The van der Waals surface area contributed by atoms with Crippen molar-refractivity contribution in [1.29, 1.82) is 0 Å². The molecule has 1 aromatic heterocycles. The fraction of sp³-hybridized carbons (Fsp3) is 0.444. The number of hydrogen-bond donors (Lipinski definition) is 1. The summed E-state index contributed by atoms with van der Waals surface area (Å²) in [7, 11) is 0. The highest BCUT2D eigenvalue weighted by atomic mass is 16.2. The zero-order chi connectivity index (χ0) is 31.2. The van der Waals surface area contributed by atoms with Crippen LogP contribution in [0.3, 0.4) is 0 Å². The molecule has 0 atom stereocenters. The van der Waals surface area contributed by atoms with Crippen LogP contribution >= 0.6 is 0 Å². The maximum Gasteiger partial charge on any atom is 0.317 e. The van der Waals surface area contributed by atoms with Crippen molar-refractivity contribution in [3.05, 3.63) is 78.4 Å². The Hall–Kier alpha value is -4.24. The zero-order valence-corrected chi connectivity index (χ0v) is 26.2. The van der Waals surface area contributed by atoms with Crippen molar-refractivity contribution in [1.82, 2.24) is 29.9 Å².